The van der Waals surface area contributed by atoms with Crippen molar-refractivity contribution in [3.05, 3.63) is 0 Å². The van der Waals surface area contributed by atoms with Crippen LogP contribution in [0.1, 0.15) is 39.5 Å². The predicted octanol–water partition coefficient (Wildman–Crippen LogP) is 1.29. The van der Waals surface area contributed by atoms with Crippen LogP contribution in [0.4, 0.5) is 0 Å². The smallest absolute Gasteiger partial charge is 0.223 e. The number of rotatable bonds is 3. The summed E-state index contributed by atoms with van der Waals surface area (Å²) in [7, 11) is 0. The van der Waals surface area contributed by atoms with E-state index < -0.39 is 0 Å². The van der Waals surface area contributed by atoms with Crippen molar-refractivity contribution in [3.8, 4) is 0 Å². The van der Waals surface area contributed by atoms with E-state index in [0.29, 0.717) is 23.3 Å². The van der Waals surface area contributed by atoms with Crippen molar-refractivity contribution in [1.82, 2.24) is 10.6 Å². The van der Waals surface area contributed by atoms with Crippen molar-refractivity contribution < 1.29 is 4.79 Å². The van der Waals surface area contributed by atoms with Gasteiger partial charge in [-0.3, -0.25) is 4.79 Å². The molecule has 1 amide bonds. The summed E-state index contributed by atoms with van der Waals surface area (Å²) in [5, 5.41) is 6.46. The molecule has 2 rings (SSSR count). The Bertz CT molecular complexity index is 246. The Morgan fingerprint density at radius 3 is 2.80 bits per heavy atom. The third kappa shape index (κ3) is 2.17. The van der Waals surface area contributed by atoms with Crippen LogP contribution in [-0.4, -0.2) is 25.0 Å². The first-order valence-corrected chi connectivity index (χ1v) is 6.19. The van der Waals surface area contributed by atoms with Gasteiger partial charge in [0.25, 0.3) is 0 Å². The molecule has 1 aliphatic carbocycles. The number of nitrogens with one attached hydrogen (secondary N) is 2. The number of carbonyl (C=O) groups excluding carboxylic acids is 1. The summed E-state index contributed by atoms with van der Waals surface area (Å²) in [6.07, 6.45) is 4.52. The summed E-state index contributed by atoms with van der Waals surface area (Å²) in [5.41, 5.74) is 0.378. The average Bonchev–Trinajstić information content (AvgIpc) is 2.93. The van der Waals surface area contributed by atoms with Crippen LogP contribution in [0, 0.1) is 11.3 Å². The summed E-state index contributed by atoms with van der Waals surface area (Å²) in [6.45, 7) is 6.37. The zero-order chi connectivity index (χ0) is 10.9. The first-order chi connectivity index (χ1) is 7.18. The Balaban J connectivity index is 1.84. The minimum atomic E-state index is 0.297. The Labute approximate surface area is 92.0 Å². The van der Waals surface area contributed by atoms with Crippen LogP contribution >= 0.6 is 0 Å². The topological polar surface area (TPSA) is 41.1 Å². The zero-order valence-corrected chi connectivity index (χ0v) is 9.81. The summed E-state index contributed by atoms with van der Waals surface area (Å²) in [5.74, 6) is 0.611. The van der Waals surface area contributed by atoms with E-state index >= 15 is 0 Å². The van der Waals surface area contributed by atoms with Gasteiger partial charge in [-0.2, -0.15) is 0 Å². The lowest BCUT2D eigenvalue weighted by atomic mass is 9.91. The number of carbonyl (C=O) groups is 1. The fourth-order valence-corrected chi connectivity index (χ4v) is 2.64. The normalized spacial score (nSPS) is 29.9. The second kappa shape index (κ2) is 4.12. The molecule has 0 aromatic rings. The third-order valence-electron chi connectivity index (χ3n) is 4.11. The molecule has 1 heterocycles. The first-order valence-electron chi connectivity index (χ1n) is 6.19. The summed E-state index contributed by atoms with van der Waals surface area (Å²) in [6, 6.07) is 0.330. The van der Waals surface area contributed by atoms with Gasteiger partial charge in [-0.1, -0.05) is 6.92 Å². The molecule has 3 nitrogen and oxygen atoms in total. The van der Waals surface area contributed by atoms with Crippen molar-refractivity contribution in [2.45, 2.75) is 45.6 Å². The molecule has 2 N–H and O–H groups in total. The molecule has 2 fully saturated rings. The van der Waals surface area contributed by atoms with Gasteiger partial charge in [-0.25, -0.2) is 0 Å². The van der Waals surface area contributed by atoms with Gasteiger partial charge in [0.1, 0.15) is 0 Å². The molecule has 2 aliphatic rings. The monoisotopic (exact) mass is 210 g/mol. The maximum atomic E-state index is 11.9. The summed E-state index contributed by atoms with van der Waals surface area (Å²) < 4.78 is 0. The van der Waals surface area contributed by atoms with Crippen LogP contribution < -0.4 is 10.6 Å². The second-order valence-corrected chi connectivity index (χ2v) is 5.19. The van der Waals surface area contributed by atoms with Crippen LogP contribution in [0.15, 0.2) is 0 Å². The largest absolute Gasteiger partial charge is 0.353 e. The lowest BCUT2D eigenvalue weighted by molar-refractivity contribution is -0.123. The molecule has 3 heteroatoms. The Kier molecular flexibility index (Phi) is 3.01. The van der Waals surface area contributed by atoms with Gasteiger partial charge in [0.15, 0.2) is 0 Å². The van der Waals surface area contributed by atoms with E-state index in [1.54, 1.807) is 0 Å². The molecule has 1 spiro atoms. The predicted molar refractivity (Wildman–Crippen MR) is 60.5 cm³/mol. The Hall–Kier alpha value is -0.570. The van der Waals surface area contributed by atoms with E-state index in [1.807, 2.05) is 0 Å². The standard InChI is InChI=1S/C12H22N2O/c1-3-9(2)14-11(15)10-8-12(10)4-6-13-7-5-12/h9-10,13H,3-8H2,1-2H3,(H,14,15). The van der Waals surface area contributed by atoms with Crippen molar-refractivity contribution in [2.75, 3.05) is 13.1 Å². The lowest BCUT2D eigenvalue weighted by Gasteiger charge is -2.23. The number of amides is 1. The van der Waals surface area contributed by atoms with E-state index in [-0.39, 0.29) is 0 Å². The minimum Gasteiger partial charge on any atom is -0.353 e. The molecule has 2 unspecified atom stereocenters. The van der Waals surface area contributed by atoms with Crippen LogP contribution in [0.2, 0.25) is 0 Å². The molecule has 86 valence electrons. The van der Waals surface area contributed by atoms with Gasteiger partial charge in [-0.05, 0) is 51.1 Å². The number of piperidine rings is 1. The quantitative estimate of drug-likeness (QED) is 0.737. The number of hydrogen-bond acceptors (Lipinski definition) is 2. The third-order valence-corrected chi connectivity index (χ3v) is 4.11. The van der Waals surface area contributed by atoms with Crippen molar-refractivity contribution in [1.29, 1.82) is 0 Å². The molecule has 0 radical (unpaired) electrons. The van der Waals surface area contributed by atoms with Crippen molar-refractivity contribution in [3.63, 3.8) is 0 Å². The summed E-state index contributed by atoms with van der Waals surface area (Å²) >= 11 is 0. The van der Waals surface area contributed by atoms with Gasteiger partial charge in [-0.15, -0.1) is 0 Å². The highest BCUT2D eigenvalue weighted by molar-refractivity contribution is 5.82. The van der Waals surface area contributed by atoms with Crippen LogP contribution in [0.3, 0.4) is 0 Å². The molecule has 15 heavy (non-hydrogen) atoms. The van der Waals surface area contributed by atoms with Gasteiger partial charge in [0, 0.05) is 12.0 Å². The summed E-state index contributed by atoms with van der Waals surface area (Å²) in [4.78, 5) is 11.9. The second-order valence-electron chi connectivity index (χ2n) is 5.19. The van der Waals surface area contributed by atoms with Gasteiger partial charge >= 0.3 is 0 Å². The maximum Gasteiger partial charge on any atom is 0.223 e. The highest BCUT2D eigenvalue weighted by Crippen LogP contribution is 2.58. The Morgan fingerprint density at radius 1 is 1.53 bits per heavy atom. The number of hydrogen-bond donors (Lipinski definition) is 2. The van der Waals surface area contributed by atoms with Crippen molar-refractivity contribution in [2.24, 2.45) is 11.3 Å². The van der Waals surface area contributed by atoms with E-state index in [4.69, 9.17) is 0 Å². The molecule has 1 aliphatic heterocycles. The highest BCUT2D eigenvalue weighted by Gasteiger charge is 2.57. The van der Waals surface area contributed by atoms with Gasteiger partial charge in [0.2, 0.25) is 5.91 Å². The fraction of sp³-hybridized carbons (Fsp3) is 0.917. The van der Waals surface area contributed by atoms with Gasteiger partial charge < -0.3 is 10.6 Å². The van der Waals surface area contributed by atoms with E-state index in [1.165, 1.54) is 12.8 Å². The van der Waals surface area contributed by atoms with E-state index in [2.05, 4.69) is 24.5 Å². The first kappa shape index (κ1) is 10.9. The van der Waals surface area contributed by atoms with Gasteiger partial charge in [0.05, 0.1) is 0 Å². The molecule has 2 atom stereocenters. The minimum absolute atomic E-state index is 0.297. The molecule has 0 aromatic carbocycles. The SMILES string of the molecule is CCC(C)NC(=O)C1CC12CCNCC2. The Morgan fingerprint density at radius 2 is 2.20 bits per heavy atom. The fourth-order valence-electron chi connectivity index (χ4n) is 2.64. The molecule has 1 saturated carbocycles. The van der Waals surface area contributed by atoms with Crippen LogP contribution in [0.5, 0.6) is 0 Å². The lowest BCUT2D eigenvalue weighted by Crippen LogP contribution is -2.37. The maximum absolute atomic E-state index is 11.9. The molecule has 0 bridgehead atoms. The van der Waals surface area contributed by atoms with E-state index in [9.17, 15) is 4.79 Å². The van der Waals surface area contributed by atoms with Crippen molar-refractivity contribution >= 4 is 5.91 Å². The van der Waals surface area contributed by atoms with Crippen LogP contribution in [0.25, 0.3) is 0 Å². The zero-order valence-electron chi connectivity index (χ0n) is 9.81. The van der Waals surface area contributed by atoms with E-state index in [0.717, 1.165) is 25.9 Å². The molecular formula is C12H22N2O. The average molecular weight is 210 g/mol. The van der Waals surface area contributed by atoms with Crippen LogP contribution in [-0.2, 0) is 4.79 Å². The highest BCUT2D eigenvalue weighted by atomic mass is 16.2. The molecular weight excluding hydrogens is 188 g/mol. The molecule has 0 aromatic heterocycles. The molecule has 1 saturated heterocycles.